The van der Waals surface area contributed by atoms with Crippen molar-refractivity contribution in [1.29, 1.82) is 0 Å². The molecule has 0 atom stereocenters. The van der Waals surface area contributed by atoms with Crippen LogP contribution in [0.1, 0.15) is 0 Å². The van der Waals surface area contributed by atoms with Crippen molar-refractivity contribution in [3.63, 3.8) is 0 Å². The number of rotatable bonds is 0. The van der Waals surface area contributed by atoms with Gasteiger partial charge >= 0.3 is 70.6 Å². The molecule has 0 saturated carbocycles. The first kappa shape index (κ1) is 15.1. The summed E-state index contributed by atoms with van der Waals surface area (Å²) in [6, 6.07) is 0. The average molecular weight is 224 g/mol. The van der Waals surface area contributed by atoms with Gasteiger partial charge in [0.1, 0.15) is 0 Å². The van der Waals surface area contributed by atoms with E-state index < -0.39 is 14.6 Å². The molecule has 80 valence electrons. The molecule has 0 aliphatic rings. The predicted molar refractivity (Wildman–Crippen MR) is 50.8 cm³/mol. The average Bonchev–Trinajstić information content (AvgIpc) is 1.02. The summed E-state index contributed by atoms with van der Waals surface area (Å²) in [6.45, 7) is 4.02. The summed E-state index contributed by atoms with van der Waals surface area (Å²) in [5.74, 6) is 0. The van der Waals surface area contributed by atoms with Crippen molar-refractivity contribution in [1.82, 2.24) is 0 Å². The van der Waals surface area contributed by atoms with Gasteiger partial charge in [0.15, 0.2) is 0 Å². The fraction of sp³-hybridized carbons (Fsp3) is 1.00. The Bertz CT molecular complexity index is 104. The molecule has 6 N–H and O–H groups in total. The quantitative estimate of drug-likeness (QED) is 0.295. The molecule has 6 nitrogen and oxygen atoms in total. The molecule has 0 aliphatic carbocycles. The monoisotopic (exact) mass is 224 g/mol. The van der Waals surface area contributed by atoms with Crippen LogP contribution in [0.2, 0.25) is 0 Å². The summed E-state index contributed by atoms with van der Waals surface area (Å²) in [5, 5.41) is 0. The van der Waals surface area contributed by atoms with Gasteiger partial charge in [-0.05, 0) is 0 Å². The van der Waals surface area contributed by atoms with E-state index >= 15 is 0 Å². The van der Waals surface area contributed by atoms with Crippen LogP contribution in [0.3, 0.4) is 0 Å². The first-order chi connectivity index (χ1) is 4.47. The fourth-order valence-corrected chi connectivity index (χ4v) is 0. The van der Waals surface area contributed by atoms with Crippen LogP contribution in [0, 0.1) is 0 Å². The van der Waals surface area contributed by atoms with Crippen molar-refractivity contribution in [3.8, 4) is 0 Å². The van der Waals surface area contributed by atoms with Gasteiger partial charge in [0.2, 0.25) is 0 Å². The topological polar surface area (TPSA) is 121 Å². The van der Waals surface area contributed by atoms with E-state index in [0.717, 1.165) is 26.7 Å². The van der Waals surface area contributed by atoms with Crippen molar-refractivity contribution < 1.29 is 29.4 Å². The van der Waals surface area contributed by atoms with Crippen LogP contribution in [0.25, 0.3) is 0 Å². The maximum atomic E-state index is 8.23. The van der Waals surface area contributed by atoms with Gasteiger partial charge in [0.25, 0.3) is 0 Å². The Morgan fingerprint density at radius 2 is 0.500 bits per heavy atom. The van der Waals surface area contributed by atoms with Crippen LogP contribution >= 0.6 is 14.6 Å². The molecule has 8 heteroatoms. The molecule has 0 saturated heterocycles. The van der Waals surface area contributed by atoms with E-state index in [-0.39, 0.29) is 0 Å². The Kier molecular flexibility index (Phi) is 3.88. The van der Waals surface area contributed by atoms with Crippen molar-refractivity contribution in [2.24, 2.45) is 0 Å². The van der Waals surface area contributed by atoms with Crippen molar-refractivity contribution >= 4 is 14.6 Å². The second kappa shape index (κ2) is 3.08. The molecular formula is C4H18O6P2. The molecule has 0 rings (SSSR count). The van der Waals surface area contributed by atoms with E-state index in [1.54, 1.807) is 0 Å². The van der Waals surface area contributed by atoms with Crippen LogP contribution in [0.15, 0.2) is 0 Å². The van der Waals surface area contributed by atoms with Crippen LogP contribution in [0.4, 0.5) is 0 Å². The Balaban J connectivity index is 0. The molecule has 12 heavy (non-hydrogen) atoms. The van der Waals surface area contributed by atoms with Crippen LogP contribution in [0.5, 0.6) is 0 Å². The Morgan fingerprint density at radius 3 is 0.500 bits per heavy atom. The van der Waals surface area contributed by atoms with Gasteiger partial charge in [-0.3, -0.25) is 0 Å². The fourth-order valence-electron chi connectivity index (χ4n) is 0. The van der Waals surface area contributed by atoms with Crippen LogP contribution in [-0.2, 0) is 0 Å². The molecule has 0 radical (unpaired) electrons. The Labute approximate surface area is 71.5 Å². The number of hydrogen-bond acceptors (Lipinski definition) is 6. The van der Waals surface area contributed by atoms with Gasteiger partial charge < -0.3 is 0 Å². The zero-order chi connectivity index (χ0) is 10.9. The molecule has 0 unspecified atom stereocenters. The van der Waals surface area contributed by atoms with E-state index in [0.29, 0.717) is 0 Å². The molecule has 0 amide bonds. The molecule has 0 heterocycles. The maximum absolute atomic E-state index is 8.23. The molecular weight excluding hydrogens is 206 g/mol. The SMILES string of the molecule is CP(C)(O)(O)O.CP(C)(O)(O)O. The summed E-state index contributed by atoms with van der Waals surface area (Å²) in [5.41, 5.74) is 0. The zero-order valence-electron chi connectivity index (χ0n) is 7.58. The van der Waals surface area contributed by atoms with E-state index in [1.807, 2.05) is 0 Å². The van der Waals surface area contributed by atoms with Gasteiger partial charge in [-0.15, -0.1) is 0 Å². The second-order valence-corrected chi connectivity index (χ2v) is 11.5. The summed E-state index contributed by atoms with van der Waals surface area (Å²) >= 11 is 0. The third-order valence-electron chi connectivity index (χ3n) is 0. The number of hydrogen-bond donors (Lipinski definition) is 6. The summed E-state index contributed by atoms with van der Waals surface area (Å²) in [4.78, 5) is 49.4. The first-order valence-electron chi connectivity index (χ1n) is 2.99. The summed E-state index contributed by atoms with van der Waals surface area (Å²) < 4.78 is 0. The second-order valence-electron chi connectivity index (χ2n) is 3.83. The standard InChI is InChI=1S/2C2H9O3P/c2*1-6(2,3,4)5/h2*3-5H,1-2H3. The molecule has 0 spiro atoms. The summed E-state index contributed by atoms with van der Waals surface area (Å²) in [7, 11) is -8.10. The Hall–Kier alpha value is 0.620. The Morgan fingerprint density at radius 1 is 0.500 bits per heavy atom. The van der Waals surface area contributed by atoms with Crippen molar-refractivity contribution in [2.45, 2.75) is 0 Å². The van der Waals surface area contributed by atoms with E-state index in [4.69, 9.17) is 29.4 Å². The van der Waals surface area contributed by atoms with Gasteiger partial charge in [-0.1, -0.05) is 0 Å². The van der Waals surface area contributed by atoms with Crippen molar-refractivity contribution in [2.75, 3.05) is 26.7 Å². The first-order valence-corrected chi connectivity index (χ1v) is 8.97. The molecule has 0 aromatic rings. The molecule has 0 aromatic carbocycles. The summed E-state index contributed by atoms with van der Waals surface area (Å²) in [6.07, 6.45) is 0. The van der Waals surface area contributed by atoms with Gasteiger partial charge in [-0.25, -0.2) is 0 Å². The molecule has 0 aromatic heterocycles. The van der Waals surface area contributed by atoms with Gasteiger partial charge in [0, 0.05) is 0 Å². The van der Waals surface area contributed by atoms with E-state index in [2.05, 4.69) is 0 Å². The van der Waals surface area contributed by atoms with E-state index in [1.165, 1.54) is 0 Å². The molecule has 0 bridgehead atoms. The third kappa shape index (κ3) is 2560. The molecule has 0 aliphatic heterocycles. The van der Waals surface area contributed by atoms with Crippen molar-refractivity contribution in [3.05, 3.63) is 0 Å². The normalized spacial score (nSPS) is 19.2. The minimum absolute atomic E-state index is 1.01. The third-order valence-corrected chi connectivity index (χ3v) is 0. The molecule has 0 fully saturated rings. The predicted octanol–water partition coefficient (Wildman–Crippen LogP) is -0.958. The van der Waals surface area contributed by atoms with Gasteiger partial charge in [-0.2, -0.15) is 0 Å². The van der Waals surface area contributed by atoms with Crippen LogP contribution in [-0.4, -0.2) is 56.0 Å². The van der Waals surface area contributed by atoms with Gasteiger partial charge in [0.05, 0.1) is 0 Å². The zero-order valence-corrected chi connectivity index (χ0v) is 9.37. The minimum atomic E-state index is -4.05. The van der Waals surface area contributed by atoms with E-state index in [9.17, 15) is 0 Å². The van der Waals surface area contributed by atoms with Crippen LogP contribution < -0.4 is 0 Å².